The molecule has 1 heterocycles. The van der Waals surface area contributed by atoms with Gasteiger partial charge in [-0.05, 0) is 30.4 Å². The number of aliphatic hydroxyl groups excluding tert-OH is 2. The van der Waals surface area contributed by atoms with E-state index in [0.29, 0.717) is 12.0 Å². The minimum Gasteiger partial charge on any atom is -0.511 e. The van der Waals surface area contributed by atoms with Crippen molar-refractivity contribution in [2.24, 2.45) is 17.6 Å². The first-order valence-corrected chi connectivity index (χ1v) is 8.17. The predicted octanol–water partition coefficient (Wildman–Crippen LogP) is 0.270. The van der Waals surface area contributed by atoms with Crippen molar-refractivity contribution in [3.63, 3.8) is 0 Å². The zero-order chi connectivity index (χ0) is 18.8. The van der Waals surface area contributed by atoms with E-state index < -0.39 is 52.0 Å². The summed E-state index contributed by atoms with van der Waals surface area (Å²) in [5.74, 6) is -5.38. The number of nitrogens with zero attached hydrogens (tertiary/aromatic N) is 1. The predicted molar refractivity (Wildman–Crippen MR) is 86.9 cm³/mol. The molecule has 0 unspecified atom stereocenters. The average molecular weight is 356 g/mol. The maximum atomic E-state index is 12.8. The number of nitrogens with two attached hydrogens (primary N) is 1. The van der Waals surface area contributed by atoms with Gasteiger partial charge in [0.2, 0.25) is 5.78 Å². The normalized spacial score (nSPS) is 30.7. The van der Waals surface area contributed by atoms with Crippen LogP contribution in [0.4, 0.5) is 0 Å². The Kier molecular flexibility index (Phi) is 3.32. The average Bonchev–Trinajstić information content (AvgIpc) is 2.58. The largest absolute Gasteiger partial charge is 0.511 e. The summed E-state index contributed by atoms with van der Waals surface area (Å²) in [5, 5.41) is 31.7. The smallest absolute Gasteiger partial charge is 0.255 e. The molecule has 1 aromatic rings. The first kappa shape index (κ1) is 16.5. The maximum absolute atomic E-state index is 12.8. The summed E-state index contributed by atoms with van der Waals surface area (Å²) < 4.78 is 0. The summed E-state index contributed by atoms with van der Waals surface area (Å²) in [6.07, 6.45) is 3.40. The molecule has 3 atom stereocenters. The van der Waals surface area contributed by atoms with Gasteiger partial charge in [0.25, 0.3) is 5.91 Å². The molecular formula is C18H16N2O6. The van der Waals surface area contributed by atoms with Crippen LogP contribution < -0.4 is 5.73 Å². The van der Waals surface area contributed by atoms with Gasteiger partial charge in [0.05, 0.1) is 0 Å². The molecule has 0 bridgehead atoms. The van der Waals surface area contributed by atoms with Gasteiger partial charge >= 0.3 is 0 Å². The van der Waals surface area contributed by atoms with Crippen LogP contribution in [0.5, 0.6) is 0 Å². The molecule has 3 aliphatic carbocycles. The van der Waals surface area contributed by atoms with E-state index in [4.69, 9.17) is 5.73 Å². The van der Waals surface area contributed by atoms with E-state index in [9.17, 15) is 29.7 Å². The molecule has 8 nitrogen and oxygen atoms in total. The lowest BCUT2D eigenvalue weighted by atomic mass is 9.60. The fourth-order valence-corrected chi connectivity index (χ4v) is 4.35. The first-order chi connectivity index (χ1) is 12.3. The summed E-state index contributed by atoms with van der Waals surface area (Å²) in [6.45, 7) is 0. The van der Waals surface area contributed by atoms with Gasteiger partial charge in [-0.25, -0.2) is 0 Å². The number of amides is 1. The third-order valence-electron chi connectivity index (χ3n) is 5.60. The number of hydrogen-bond acceptors (Lipinski definition) is 7. The van der Waals surface area contributed by atoms with Gasteiger partial charge in [-0.1, -0.05) is 0 Å². The van der Waals surface area contributed by atoms with Crippen LogP contribution in [0.1, 0.15) is 28.8 Å². The molecule has 3 aliphatic rings. The fourth-order valence-electron chi connectivity index (χ4n) is 4.35. The van der Waals surface area contributed by atoms with Crippen LogP contribution >= 0.6 is 0 Å². The van der Waals surface area contributed by atoms with Gasteiger partial charge in [-0.15, -0.1) is 0 Å². The molecule has 0 saturated carbocycles. The van der Waals surface area contributed by atoms with Crippen molar-refractivity contribution in [1.29, 1.82) is 0 Å². The molecule has 0 radical (unpaired) electrons. The Balaban J connectivity index is 1.90. The molecule has 1 aromatic heterocycles. The second-order valence-corrected chi connectivity index (χ2v) is 6.94. The van der Waals surface area contributed by atoms with Crippen LogP contribution in [-0.2, 0) is 16.0 Å². The van der Waals surface area contributed by atoms with E-state index in [-0.39, 0.29) is 18.4 Å². The number of hydrogen-bond donors (Lipinski definition) is 4. The highest BCUT2D eigenvalue weighted by atomic mass is 16.3. The number of aromatic nitrogens is 1. The Bertz CT molecular complexity index is 947. The number of fused-ring (bicyclic) bond motifs is 3. The Labute approximate surface area is 147 Å². The van der Waals surface area contributed by atoms with E-state index in [1.165, 1.54) is 6.20 Å². The van der Waals surface area contributed by atoms with Crippen LogP contribution in [0, 0.1) is 11.8 Å². The van der Waals surface area contributed by atoms with E-state index in [2.05, 4.69) is 4.98 Å². The molecule has 0 saturated heterocycles. The molecule has 0 aromatic carbocycles. The van der Waals surface area contributed by atoms with Crippen molar-refractivity contribution < 1.29 is 29.7 Å². The lowest BCUT2D eigenvalue weighted by Gasteiger charge is -2.45. The topological polar surface area (TPSA) is 151 Å². The Hall–Kier alpha value is -3.00. The highest BCUT2D eigenvalue weighted by molar-refractivity contribution is 6.24. The van der Waals surface area contributed by atoms with Crippen molar-refractivity contribution in [2.75, 3.05) is 0 Å². The van der Waals surface area contributed by atoms with Crippen molar-refractivity contribution in [1.82, 2.24) is 4.98 Å². The molecule has 0 aliphatic heterocycles. The lowest BCUT2D eigenvalue weighted by Crippen LogP contribution is -2.57. The summed E-state index contributed by atoms with van der Waals surface area (Å²) in [7, 11) is 0. The number of primary amides is 1. The van der Waals surface area contributed by atoms with Gasteiger partial charge in [-0.2, -0.15) is 0 Å². The SMILES string of the molecule is NC(=O)C1=C(O)C[C@@H]2C[C@@H]3Cc4ccncc4C(=O)C3=C(O)[C@]2(O)C1=O. The number of rotatable bonds is 1. The second-order valence-electron chi connectivity index (χ2n) is 6.94. The zero-order valence-corrected chi connectivity index (χ0v) is 13.6. The Morgan fingerprint density at radius 3 is 2.69 bits per heavy atom. The van der Waals surface area contributed by atoms with Crippen LogP contribution in [-0.4, -0.2) is 43.4 Å². The Morgan fingerprint density at radius 2 is 2.00 bits per heavy atom. The number of carbonyl (C=O) groups excluding carboxylic acids is 3. The molecule has 8 heteroatoms. The summed E-state index contributed by atoms with van der Waals surface area (Å²) in [5.41, 5.74) is 3.00. The third kappa shape index (κ3) is 1.93. The number of pyridine rings is 1. The van der Waals surface area contributed by atoms with Crippen molar-refractivity contribution >= 4 is 17.5 Å². The molecule has 0 fully saturated rings. The maximum Gasteiger partial charge on any atom is 0.255 e. The zero-order valence-electron chi connectivity index (χ0n) is 13.6. The minimum atomic E-state index is -2.45. The van der Waals surface area contributed by atoms with Crippen LogP contribution in [0.15, 0.2) is 41.1 Å². The van der Waals surface area contributed by atoms with Crippen LogP contribution in [0.3, 0.4) is 0 Å². The van der Waals surface area contributed by atoms with E-state index in [1.54, 1.807) is 12.3 Å². The molecule has 0 spiro atoms. The van der Waals surface area contributed by atoms with Crippen molar-refractivity contribution in [2.45, 2.75) is 24.9 Å². The number of Topliss-reactive ketones (excluding diaryl/α,β-unsaturated/α-hetero) is 2. The highest BCUT2D eigenvalue weighted by Crippen LogP contribution is 2.50. The molecular weight excluding hydrogens is 340 g/mol. The second kappa shape index (κ2) is 5.25. The summed E-state index contributed by atoms with van der Waals surface area (Å²) >= 11 is 0. The summed E-state index contributed by atoms with van der Waals surface area (Å²) in [6, 6.07) is 1.72. The molecule has 4 rings (SSSR count). The van der Waals surface area contributed by atoms with Gasteiger partial charge in [0.1, 0.15) is 17.1 Å². The molecule has 1 amide bonds. The quantitative estimate of drug-likeness (QED) is 0.527. The number of allylic oxidation sites excluding steroid dienone is 2. The number of aliphatic hydroxyl groups is 3. The van der Waals surface area contributed by atoms with Crippen molar-refractivity contribution in [3.8, 4) is 0 Å². The number of carbonyl (C=O) groups is 3. The molecule has 134 valence electrons. The minimum absolute atomic E-state index is 0.0391. The van der Waals surface area contributed by atoms with E-state index in [0.717, 1.165) is 5.56 Å². The standard InChI is InChI=1S/C18H16N2O6/c19-17(25)13-11(21)5-9-4-8-3-7-1-2-20-6-10(7)14(22)12(8)15(23)18(9,26)16(13)24/h1-2,6,8-9,21,23,26H,3-5H2,(H2,19,25)/t8-,9-,18-/m0/s1. The van der Waals surface area contributed by atoms with Gasteiger partial charge in [0.15, 0.2) is 11.4 Å². The molecule has 5 N–H and O–H groups in total. The Morgan fingerprint density at radius 1 is 1.27 bits per heavy atom. The van der Waals surface area contributed by atoms with Gasteiger partial charge in [0, 0.05) is 35.9 Å². The monoisotopic (exact) mass is 356 g/mol. The first-order valence-electron chi connectivity index (χ1n) is 8.17. The van der Waals surface area contributed by atoms with E-state index in [1.807, 2.05) is 0 Å². The van der Waals surface area contributed by atoms with Crippen LogP contribution in [0.25, 0.3) is 0 Å². The van der Waals surface area contributed by atoms with Crippen LogP contribution in [0.2, 0.25) is 0 Å². The van der Waals surface area contributed by atoms with Gasteiger partial charge < -0.3 is 21.1 Å². The number of ketones is 2. The lowest BCUT2D eigenvalue weighted by molar-refractivity contribution is -0.144. The third-order valence-corrected chi connectivity index (χ3v) is 5.60. The molecule has 26 heavy (non-hydrogen) atoms. The fraction of sp³-hybridized carbons (Fsp3) is 0.333. The van der Waals surface area contributed by atoms with E-state index >= 15 is 0 Å². The highest BCUT2D eigenvalue weighted by Gasteiger charge is 2.59. The van der Waals surface area contributed by atoms with Gasteiger partial charge in [-0.3, -0.25) is 19.4 Å². The van der Waals surface area contributed by atoms with Crippen molar-refractivity contribution in [3.05, 3.63) is 52.3 Å². The summed E-state index contributed by atoms with van der Waals surface area (Å²) in [4.78, 5) is 40.9.